The summed E-state index contributed by atoms with van der Waals surface area (Å²) in [6.45, 7) is 0. The quantitative estimate of drug-likeness (QED) is 0.608. The van der Waals surface area contributed by atoms with Crippen LogP contribution in [0.3, 0.4) is 0 Å². The first-order valence-corrected chi connectivity index (χ1v) is 7.58. The molecule has 0 heterocycles. The van der Waals surface area contributed by atoms with Crippen LogP contribution in [0, 0.1) is 3.57 Å². The van der Waals surface area contributed by atoms with Crippen molar-refractivity contribution in [2.45, 2.75) is 0 Å². The number of nitrogens with one attached hydrogen (secondary N) is 1. The molecule has 0 saturated carbocycles. The van der Waals surface area contributed by atoms with Gasteiger partial charge >= 0.3 is 5.97 Å². The van der Waals surface area contributed by atoms with Gasteiger partial charge in [-0.15, -0.1) is 0 Å². The van der Waals surface area contributed by atoms with Gasteiger partial charge in [-0.05, 0) is 74.9 Å². The predicted octanol–water partition coefficient (Wildman–Crippen LogP) is 3.71. The van der Waals surface area contributed by atoms with Gasteiger partial charge in [0.15, 0.2) is 0 Å². The molecule has 0 aliphatic carbocycles. The van der Waals surface area contributed by atoms with Gasteiger partial charge < -0.3 is 15.5 Å². The van der Waals surface area contributed by atoms with Crippen LogP contribution in [0.5, 0.6) is 5.75 Å². The standard InChI is InChI=1S/C14H9BrINO4/c15-10-3-2-8(6-9(10)14(20)21)17-13(19)7-1-4-11(16)12(18)5-7/h1-6,18H,(H,17,19)(H,20,21). The zero-order valence-electron chi connectivity index (χ0n) is 10.4. The maximum Gasteiger partial charge on any atom is 0.336 e. The summed E-state index contributed by atoms with van der Waals surface area (Å²) in [5, 5.41) is 21.2. The molecule has 1 amide bonds. The Labute approximate surface area is 142 Å². The van der Waals surface area contributed by atoms with Gasteiger partial charge in [-0.1, -0.05) is 0 Å². The second-order valence-corrected chi connectivity index (χ2v) is 6.14. The molecule has 0 radical (unpaired) electrons. The van der Waals surface area contributed by atoms with Gasteiger partial charge in [-0.25, -0.2) is 4.79 Å². The van der Waals surface area contributed by atoms with Crippen LogP contribution in [-0.4, -0.2) is 22.1 Å². The highest BCUT2D eigenvalue weighted by molar-refractivity contribution is 14.1. The summed E-state index contributed by atoms with van der Waals surface area (Å²) in [7, 11) is 0. The van der Waals surface area contributed by atoms with Gasteiger partial charge in [0, 0.05) is 15.7 Å². The third-order valence-corrected chi connectivity index (χ3v) is 4.27. The van der Waals surface area contributed by atoms with E-state index in [-0.39, 0.29) is 16.9 Å². The number of phenols is 1. The van der Waals surface area contributed by atoms with E-state index in [2.05, 4.69) is 21.2 Å². The minimum Gasteiger partial charge on any atom is -0.507 e. The molecule has 0 fully saturated rings. The zero-order valence-corrected chi connectivity index (χ0v) is 14.2. The topological polar surface area (TPSA) is 86.6 Å². The van der Waals surface area contributed by atoms with Crippen molar-refractivity contribution in [2.75, 3.05) is 5.32 Å². The summed E-state index contributed by atoms with van der Waals surface area (Å²) in [6, 6.07) is 9.04. The highest BCUT2D eigenvalue weighted by Crippen LogP contribution is 2.23. The molecule has 0 saturated heterocycles. The molecule has 2 aromatic rings. The highest BCUT2D eigenvalue weighted by atomic mass is 127. The number of carboxylic acids is 1. The number of amides is 1. The summed E-state index contributed by atoms with van der Waals surface area (Å²) in [4.78, 5) is 23.1. The van der Waals surface area contributed by atoms with E-state index in [1.165, 1.54) is 12.1 Å². The average Bonchev–Trinajstić information content (AvgIpc) is 2.43. The van der Waals surface area contributed by atoms with Crippen molar-refractivity contribution in [1.82, 2.24) is 0 Å². The minimum atomic E-state index is -1.09. The Kier molecular flexibility index (Phi) is 4.84. The first-order chi connectivity index (χ1) is 9.88. The van der Waals surface area contributed by atoms with E-state index in [0.29, 0.717) is 13.7 Å². The van der Waals surface area contributed by atoms with E-state index in [4.69, 9.17) is 5.11 Å². The third kappa shape index (κ3) is 3.73. The predicted molar refractivity (Wildman–Crippen MR) is 89.9 cm³/mol. The molecule has 0 bridgehead atoms. The van der Waals surface area contributed by atoms with Crippen LogP contribution in [-0.2, 0) is 0 Å². The maximum atomic E-state index is 12.1. The van der Waals surface area contributed by atoms with Crippen LogP contribution < -0.4 is 5.32 Å². The Morgan fingerprint density at radius 3 is 2.48 bits per heavy atom. The number of hydrogen-bond donors (Lipinski definition) is 3. The summed E-state index contributed by atoms with van der Waals surface area (Å²) >= 11 is 5.08. The van der Waals surface area contributed by atoms with Crippen LogP contribution in [0.15, 0.2) is 40.9 Å². The van der Waals surface area contributed by atoms with Crippen molar-refractivity contribution >= 4 is 56.1 Å². The lowest BCUT2D eigenvalue weighted by Gasteiger charge is -2.08. The van der Waals surface area contributed by atoms with Gasteiger partial charge in [-0.2, -0.15) is 0 Å². The molecule has 2 aromatic carbocycles. The van der Waals surface area contributed by atoms with E-state index in [0.717, 1.165) is 0 Å². The molecule has 0 unspecified atom stereocenters. The lowest BCUT2D eigenvalue weighted by Crippen LogP contribution is -2.12. The lowest BCUT2D eigenvalue weighted by atomic mass is 10.1. The van der Waals surface area contributed by atoms with E-state index < -0.39 is 11.9 Å². The third-order valence-electron chi connectivity index (χ3n) is 2.66. The van der Waals surface area contributed by atoms with Crippen LogP contribution in [0.1, 0.15) is 20.7 Å². The van der Waals surface area contributed by atoms with Gasteiger partial charge in [0.2, 0.25) is 0 Å². The summed E-state index contributed by atoms with van der Waals surface area (Å²) in [5.74, 6) is -1.50. The molecule has 108 valence electrons. The number of aromatic carboxylic acids is 1. The summed E-state index contributed by atoms with van der Waals surface area (Å²) < 4.78 is 1.07. The van der Waals surface area contributed by atoms with Crippen molar-refractivity contribution in [1.29, 1.82) is 0 Å². The van der Waals surface area contributed by atoms with Crippen molar-refractivity contribution in [3.05, 3.63) is 55.6 Å². The zero-order chi connectivity index (χ0) is 15.6. The number of carbonyl (C=O) groups is 2. The number of benzene rings is 2. The second-order valence-electron chi connectivity index (χ2n) is 4.12. The first kappa shape index (κ1) is 15.8. The molecular weight excluding hydrogens is 453 g/mol. The van der Waals surface area contributed by atoms with Gasteiger partial charge in [-0.3, -0.25) is 4.79 Å². The summed E-state index contributed by atoms with van der Waals surface area (Å²) in [5.41, 5.74) is 0.699. The molecular formula is C14H9BrINO4. The Bertz CT molecular complexity index is 733. The number of carboxylic acid groups (broad SMARTS) is 1. The molecule has 0 spiro atoms. The smallest absolute Gasteiger partial charge is 0.336 e. The molecule has 2 rings (SSSR count). The Morgan fingerprint density at radius 1 is 1.14 bits per heavy atom. The number of phenolic OH excluding ortho intramolecular Hbond substituents is 1. The lowest BCUT2D eigenvalue weighted by molar-refractivity contribution is 0.0695. The number of hydrogen-bond acceptors (Lipinski definition) is 3. The molecule has 7 heteroatoms. The maximum absolute atomic E-state index is 12.1. The fourth-order valence-corrected chi connectivity index (χ4v) is 2.38. The van der Waals surface area contributed by atoms with Crippen molar-refractivity contribution in [2.24, 2.45) is 0 Å². The van der Waals surface area contributed by atoms with Gasteiger partial charge in [0.05, 0.1) is 9.13 Å². The van der Waals surface area contributed by atoms with Crippen molar-refractivity contribution in [3.8, 4) is 5.75 Å². The molecule has 21 heavy (non-hydrogen) atoms. The molecule has 3 N–H and O–H groups in total. The SMILES string of the molecule is O=C(Nc1ccc(Br)c(C(=O)O)c1)c1ccc(I)c(O)c1. The van der Waals surface area contributed by atoms with Crippen molar-refractivity contribution in [3.63, 3.8) is 0 Å². The molecule has 0 aliphatic rings. The Balaban J connectivity index is 2.25. The summed E-state index contributed by atoms with van der Waals surface area (Å²) in [6.07, 6.45) is 0. The minimum absolute atomic E-state index is 0.0188. The number of anilines is 1. The Morgan fingerprint density at radius 2 is 1.86 bits per heavy atom. The van der Waals surface area contributed by atoms with Crippen LogP contribution in [0.4, 0.5) is 5.69 Å². The van der Waals surface area contributed by atoms with Crippen LogP contribution in [0.2, 0.25) is 0 Å². The number of halogens is 2. The molecule has 0 aromatic heterocycles. The van der Waals surface area contributed by atoms with Crippen LogP contribution in [0.25, 0.3) is 0 Å². The Hall–Kier alpha value is -1.61. The second kappa shape index (κ2) is 6.44. The normalized spacial score (nSPS) is 10.2. The van der Waals surface area contributed by atoms with E-state index in [9.17, 15) is 14.7 Å². The number of aromatic hydroxyl groups is 1. The number of rotatable bonds is 3. The van der Waals surface area contributed by atoms with Gasteiger partial charge in [0.1, 0.15) is 5.75 Å². The molecule has 5 nitrogen and oxygen atoms in total. The fraction of sp³-hybridized carbons (Fsp3) is 0. The van der Waals surface area contributed by atoms with Crippen molar-refractivity contribution < 1.29 is 19.8 Å². The van der Waals surface area contributed by atoms with E-state index in [1.54, 1.807) is 24.3 Å². The van der Waals surface area contributed by atoms with E-state index in [1.807, 2.05) is 22.6 Å². The average molecular weight is 462 g/mol. The monoisotopic (exact) mass is 461 g/mol. The first-order valence-electron chi connectivity index (χ1n) is 5.71. The molecule has 0 atom stereocenters. The fourth-order valence-electron chi connectivity index (χ4n) is 1.62. The highest BCUT2D eigenvalue weighted by Gasteiger charge is 2.12. The molecule has 0 aliphatic heterocycles. The van der Waals surface area contributed by atoms with E-state index >= 15 is 0 Å². The largest absolute Gasteiger partial charge is 0.507 e. The number of carbonyl (C=O) groups excluding carboxylic acids is 1. The van der Waals surface area contributed by atoms with Gasteiger partial charge in [0.25, 0.3) is 5.91 Å². The van der Waals surface area contributed by atoms with Crippen LogP contribution >= 0.6 is 38.5 Å².